The average Bonchev–Trinajstić information content (AvgIpc) is 2.93. The summed E-state index contributed by atoms with van der Waals surface area (Å²) in [5.41, 5.74) is -0.925. The zero-order chi connectivity index (χ0) is 15.8. The summed E-state index contributed by atoms with van der Waals surface area (Å²) >= 11 is 0. The van der Waals surface area contributed by atoms with E-state index in [0.717, 1.165) is 12.8 Å². The molecule has 0 saturated heterocycles. The Hall–Kier alpha value is -0.420. The molecule has 0 spiro atoms. The molecule has 1 rings (SSSR count). The Morgan fingerprint density at radius 1 is 1.15 bits per heavy atom. The Labute approximate surface area is 125 Å². The molecular formula is C15H29NO3S. The zero-order valence-corrected chi connectivity index (χ0v) is 14.6. The van der Waals surface area contributed by atoms with Gasteiger partial charge < -0.3 is 4.74 Å². The van der Waals surface area contributed by atoms with E-state index < -0.39 is 22.1 Å². The van der Waals surface area contributed by atoms with E-state index in [1.165, 1.54) is 0 Å². The molecule has 0 aliphatic heterocycles. The van der Waals surface area contributed by atoms with Gasteiger partial charge in [0.1, 0.15) is 5.60 Å². The molecule has 0 aromatic carbocycles. The van der Waals surface area contributed by atoms with Crippen molar-refractivity contribution in [2.75, 3.05) is 0 Å². The summed E-state index contributed by atoms with van der Waals surface area (Å²) in [4.78, 5) is 12.1. The maximum absolute atomic E-state index is 12.3. The first kappa shape index (κ1) is 17.6. The van der Waals surface area contributed by atoms with Crippen LogP contribution in [-0.4, -0.2) is 26.1 Å². The predicted octanol–water partition coefficient (Wildman–Crippen LogP) is 2.94. The Kier molecular flexibility index (Phi) is 5.08. The van der Waals surface area contributed by atoms with Gasteiger partial charge in [0.2, 0.25) is 0 Å². The van der Waals surface area contributed by atoms with Crippen molar-refractivity contribution in [3.8, 4) is 0 Å². The third-order valence-corrected chi connectivity index (χ3v) is 5.06. The molecule has 0 aromatic heterocycles. The molecule has 1 N–H and O–H groups in total. The summed E-state index contributed by atoms with van der Waals surface area (Å²) in [6.07, 6.45) is 2.41. The normalized spacial score (nSPS) is 21.1. The maximum atomic E-state index is 12.3. The van der Waals surface area contributed by atoms with Crippen LogP contribution in [0.2, 0.25) is 0 Å². The van der Waals surface area contributed by atoms with Crippen LogP contribution in [0.4, 0.5) is 0 Å². The minimum absolute atomic E-state index is 0.231. The van der Waals surface area contributed by atoms with E-state index in [-0.39, 0.29) is 17.1 Å². The van der Waals surface area contributed by atoms with Gasteiger partial charge >= 0.3 is 5.97 Å². The van der Waals surface area contributed by atoms with Crippen LogP contribution in [0.5, 0.6) is 0 Å². The highest BCUT2D eigenvalue weighted by atomic mass is 32.2. The van der Waals surface area contributed by atoms with Gasteiger partial charge in [-0.15, -0.1) is 0 Å². The predicted molar refractivity (Wildman–Crippen MR) is 82.6 cm³/mol. The molecule has 0 aromatic rings. The van der Waals surface area contributed by atoms with Crippen LogP contribution in [0.1, 0.15) is 67.7 Å². The van der Waals surface area contributed by atoms with Gasteiger partial charge in [-0.1, -0.05) is 0 Å². The molecule has 118 valence electrons. The fraction of sp³-hybridized carbons (Fsp3) is 0.933. The van der Waals surface area contributed by atoms with Gasteiger partial charge in [-0.3, -0.25) is 4.79 Å². The minimum atomic E-state index is -1.18. The highest BCUT2D eigenvalue weighted by Gasteiger charge is 2.45. The maximum Gasteiger partial charge on any atom is 0.308 e. The highest BCUT2D eigenvalue weighted by molar-refractivity contribution is 7.84. The third-order valence-electron chi connectivity index (χ3n) is 3.29. The summed E-state index contributed by atoms with van der Waals surface area (Å²) in [7, 11) is -1.18. The van der Waals surface area contributed by atoms with Crippen LogP contribution >= 0.6 is 0 Å². The lowest BCUT2D eigenvalue weighted by Gasteiger charge is -2.33. The standard InChI is InChI=1S/C15H29NO3S/c1-13(2,3)19-12(17)10-15(7,11-8-9-11)16-20(18)14(4,5)6/h11,16H,8-10H2,1-7H3. The fourth-order valence-electron chi connectivity index (χ4n) is 2.03. The second-order valence-corrected chi connectivity index (χ2v) is 9.90. The zero-order valence-electron chi connectivity index (χ0n) is 13.8. The van der Waals surface area contributed by atoms with E-state index in [9.17, 15) is 9.00 Å². The summed E-state index contributed by atoms with van der Waals surface area (Å²) < 4.78 is 20.6. The van der Waals surface area contributed by atoms with Gasteiger partial charge in [0.25, 0.3) is 0 Å². The average molecular weight is 303 g/mol. The van der Waals surface area contributed by atoms with Gasteiger partial charge in [0, 0.05) is 5.54 Å². The number of ether oxygens (including phenoxy) is 1. The van der Waals surface area contributed by atoms with E-state index in [1.54, 1.807) is 0 Å². The molecule has 5 heteroatoms. The van der Waals surface area contributed by atoms with E-state index in [2.05, 4.69) is 4.72 Å². The number of carbonyl (C=O) groups is 1. The van der Waals surface area contributed by atoms with Crippen LogP contribution < -0.4 is 4.72 Å². The Morgan fingerprint density at radius 3 is 2.00 bits per heavy atom. The fourth-order valence-corrected chi connectivity index (χ4v) is 3.00. The molecule has 0 amide bonds. The number of hydrogen-bond donors (Lipinski definition) is 1. The van der Waals surface area contributed by atoms with Crippen molar-refractivity contribution >= 4 is 17.0 Å². The number of esters is 1. The van der Waals surface area contributed by atoms with E-state index in [0.29, 0.717) is 5.92 Å². The first-order valence-electron chi connectivity index (χ1n) is 7.25. The van der Waals surface area contributed by atoms with Crippen LogP contribution in [0.25, 0.3) is 0 Å². The van der Waals surface area contributed by atoms with E-state index in [1.807, 2.05) is 48.5 Å². The van der Waals surface area contributed by atoms with Crippen LogP contribution in [0.15, 0.2) is 0 Å². The van der Waals surface area contributed by atoms with Crippen LogP contribution in [0, 0.1) is 5.92 Å². The second-order valence-electron chi connectivity index (χ2n) is 7.94. The molecular weight excluding hydrogens is 274 g/mol. The molecule has 2 atom stereocenters. The van der Waals surface area contributed by atoms with Crippen LogP contribution in [0.3, 0.4) is 0 Å². The molecule has 1 fully saturated rings. The molecule has 1 saturated carbocycles. The summed E-state index contributed by atoms with van der Waals surface area (Å²) in [5.74, 6) is 0.173. The minimum Gasteiger partial charge on any atom is -0.460 e. The molecule has 0 heterocycles. The van der Waals surface area contributed by atoms with Crippen molar-refractivity contribution in [3.63, 3.8) is 0 Å². The molecule has 1 aliphatic rings. The Balaban J connectivity index is 2.73. The van der Waals surface area contributed by atoms with Gasteiger partial charge in [0.15, 0.2) is 0 Å². The first-order chi connectivity index (χ1) is 8.83. The molecule has 1 aliphatic carbocycles. The summed E-state index contributed by atoms with van der Waals surface area (Å²) in [5, 5.41) is 0. The monoisotopic (exact) mass is 303 g/mol. The number of nitrogens with one attached hydrogen (secondary N) is 1. The van der Waals surface area contributed by atoms with Gasteiger partial charge in [-0.05, 0) is 67.2 Å². The van der Waals surface area contributed by atoms with Crippen molar-refractivity contribution in [2.45, 2.75) is 83.6 Å². The SMILES string of the molecule is CC(C)(C)OC(=O)CC(C)(NS(=O)C(C)(C)C)C1CC1. The van der Waals surface area contributed by atoms with E-state index in [4.69, 9.17) is 4.74 Å². The molecule has 0 radical (unpaired) electrons. The second kappa shape index (κ2) is 5.76. The van der Waals surface area contributed by atoms with Crippen molar-refractivity contribution in [1.29, 1.82) is 0 Å². The third kappa shape index (κ3) is 5.52. The molecule has 4 nitrogen and oxygen atoms in total. The number of hydrogen-bond acceptors (Lipinski definition) is 3. The topological polar surface area (TPSA) is 55.4 Å². The Morgan fingerprint density at radius 2 is 1.65 bits per heavy atom. The molecule has 0 bridgehead atoms. The van der Waals surface area contributed by atoms with Crippen molar-refractivity contribution in [2.24, 2.45) is 5.92 Å². The number of carbonyl (C=O) groups excluding carboxylic acids is 1. The quantitative estimate of drug-likeness (QED) is 0.795. The van der Waals surface area contributed by atoms with Gasteiger partial charge in [0.05, 0.1) is 22.2 Å². The smallest absolute Gasteiger partial charge is 0.308 e. The van der Waals surface area contributed by atoms with Gasteiger partial charge in [-0.25, -0.2) is 8.93 Å². The van der Waals surface area contributed by atoms with Crippen molar-refractivity contribution < 1.29 is 13.7 Å². The van der Waals surface area contributed by atoms with Crippen molar-refractivity contribution in [3.05, 3.63) is 0 Å². The van der Waals surface area contributed by atoms with Gasteiger partial charge in [-0.2, -0.15) is 0 Å². The first-order valence-corrected chi connectivity index (χ1v) is 8.40. The number of rotatable bonds is 5. The Bertz CT molecular complexity index is 391. The van der Waals surface area contributed by atoms with Crippen LogP contribution in [-0.2, 0) is 20.5 Å². The molecule has 2 unspecified atom stereocenters. The lowest BCUT2D eigenvalue weighted by atomic mass is 9.93. The van der Waals surface area contributed by atoms with E-state index >= 15 is 0 Å². The summed E-state index contributed by atoms with van der Waals surface area (Å²) in [6.45, 7) is 13.4. The highest BCUT2D eigenvalue weighted by Crippen LogP contribution is 2.42. The largest absolute Gasteiger partial charge is 0.460 e. The lowest BCUT2D eigenvalue weighted by molar-refractivity contribution is -0.156. The lowest BCUT2D eigenvalue weighted by Crippen LogP contribution is -2.51. The molecule has 20 heavy (non-hydrogen) atoms. The van der Waals surface area contributed by atoms with Crippen molar-refractivity contribution in [1.82, 2.24) is 4.72 Å². The summed E-state index contributed by atoms with van der Waals surface area (Å²) in [6, 6.07) is 0.